The highest BCUT2D eigenvalue weighted by molar-refractivity contribution is 5.85. The molecule has 0 saturated carbocycles. The summed E-state index contributed by atoms with van der Waals surface area (Å²) >= 11 is 0. The minimum atomic E-state index is -1.68. The van der Waals surface area contributed by atoms with Crippen molar-refractivity contribution in [3.63, 3.8) is 0 Å². The maximum atomic E-state index is 11.4. The summed E-state index contributed by atoms with van der Waals surface area (Å²) < 4.78 is 10.6. The van der Waals surface area contributed by atoms with Crippen LogP contribution in [0, 0.1) is 0 Å². The van der Waals surface area contributed by atoms with Crippen LogP contribution in [0.15, 0.2) is 16.8 Å². The fourth-order valence-corrected chi connectivity index (χ4v) is 2.50. The quantitative estimate of drug-likeness (QED) is 0.169. The zero-order valence-corrected chi connectivity index (χ0v) is 12.2. The van der Waals surface area contributed by atoms with Crippen LogP contribution in [0.1, 0.15) is 6.92 Å². The number of aliphatic hydroxyl groups is 2. The molecule has 11 nitrogen and oxygen atoms in total. The van der Waals surface area contributed by atoms with Crippen molar-refractivity contribution in [2.24, 2.45) is 16.5 Å². The first kappa shape index (κ1) is 17.0. The molecule has 2 heterocycles. The van der Waals surface area contributed by atoms with Crippen LogP contribution < -0.4 is 16.8 Å². The van der Waals surface area contributed by atoms with Crippen molar-refractivity contribution in [3.05, 3.63) is 11.8 Å². The van der Waals surface area contributed by atoms with Crippen LogP contribution in [-0.4, -0.2) is 69.8 Å². The number of carboxylic acids is 1. The van der Waals surface area contributed by atoms with E-state index in [9.17, 15) is 14.7 Å². The Balaban J connectivity index is 2.43. The van der Waals surface area contributed by atoms with Crippen molar-refractivity contribution < 1.29 is 34.4 Å². The van der Waals surface area contributed by atoms with E-state index in [4.69, 9.17) is 31.2 Å². The number of carbonyl (C=O) groups is 2. The van der Waals surface area contributed by atoms with Gasteiger partial charge in [0, 0.05) is 6.92 Å². The SMILES string of the molecule is CC(=O)N[C@@H]1[C@@H](N=C(N)N)C=C(C(=O)O)O[C@@]12O[C@@H]2[C@H](O)CO. The Bertz CT molecular complexity index is 574. The monoisotopic (exact) mass is 330 g/mol. The summed E-state index contributed by atoms with van der Waals surface area (Å²) in [6, 6.07) is -1.98. The Morgan fingerprint density at radius 3 is 2.65 bits per heavy atom. The first-order valence-electron chi connectivity index (χ1n) is 6.68. The van der Waals surface area contributed by atoms with E-state index in [2.05, 4.69) is 10.3 Å². The Hall–Kier alpha value is -2.37. The minimum absolute atomic E-state index is 0.330. The van der Waals surface area contributed by atoms with Crippen molar-refractivity contribution in [1.82, 2.24) is 5.32 Å². The fraction of sp³-hybridized carbons (Fsp3) is 0.583. The van der Waals surface area contributed by atoms with Crippen molar-refractivity contribution >= 4 is 17.8 Å². The van der Waals surface area contributed by atoms with E-state index in [0.717, 1.165) is 6.08 Å². The van der Waals surface area contributed by atoms with Crippen LogP contribution >= 0.6 is 0 Å². The summed E-state index contributed by atoms with van der Waals surface area (Å²) in [5, 5.41) is 30.4. The van der Waals surface area contributed by atoms with Gasteiger partial charge in [-0.25, -0.2) is 9.79 Å². The Kier molecular flexibility index (Phi) is 4.45. The molecule has 1 fully saturated rings. The maximum absolute atomic E-state index is 11.4. The summed E-state index contributed by atoms with van der Waals surface area (Å²) in [4.78, 5) is 26.5. The smallest absolute Gasteiger partial charge is 0.371 e. The van der Waals surface area contributed by atoms with Gasteiger partial charge >= 0.3 is 5.97 Å². The number of rotatable bonds is 5. The second-order valence-electron chi connectivity index (χ2n) is 5.17. The number of aliphatic carboxylic acids is 1. The van der Waals surface area contributed by atoms with Crippen LogP contribution in [0.5, 0.6) is 0 Å². The summed E-state index contributed by atoms with van der Waals surface area (Å²) in [5.41, 5.74) is 10.7. The number of nitrogens with zero attached hydrogens (tertiary/aromatic N) is 1. The molecule has 1 spiro atoms. The lowest BCUT2D eigenvalue weighted by Crippen LogP contribution is -2.57. The zero-order valence-electron chi connectivity index (χ0n) is 12.2. The molecule has 0 aliphatic carbocycles. The van der Waals surface area contributed by atoms with Gasteiger partial charge in [0.15, 0.2) is 12.1 Å². The second kappa shape index (κ2) is 6.02. The molecule has 128 valence electrons. The highest BCUT2D eigenvalue weighted by Crippen LogP contribution is 2.48. The van der Waals surface area contributed by atoms with Crippen LogP contribution in [0.4, 0.5) is 0 Å². The van der Waals surface area contributed by atoms with Gasteiger partial charge in [0.1, 0.15) is 18.2 Å². The molecule has 0 radical (unpaired) electrons. The first-order valence-corrected chi connectivity index (χ1v) is 6.68. The maximum Gasteiger partial charge on any atom is 0.371 e. The number of carboxylic acid groups (broad SMARTS) is 1. The van der Waals surface area contributed by atoms with Crippen LogP contribution in [0.25, 0.3) is 0 Å². The predicted molar refractivity (Wildman–Crippen MR) is 74.7 cm³/mol. The molecule has 0 bridgehead atoms. The van der Waals surface area contributed by atoms with Gasteiger partial charge in [-0.3, -0.25) is 4.79 Å². The minimum Gasteiger partial charge on any atom is -0.475 e. The number of amides is 1. The van der Waals surface area contributed by atoms with E-state index >= 15 is 0 Å². The third kappa shape index (κ3) is 3.21. The molecule has 5 atom stereocenters. The topological polar surface area (TPSA) is 193 Å². The van der Waals surface area contributed by atoms with E-state index in [1.807, 2.05) is 0 Å². The highest BCUT2D eigenvalue weighted by atomic mass is 16.8. The molecule has 2 rings (SSSR count). The average molecular weight is 330 g/mol. The van der Waals surface area contributed by atoms with E-state index in [-0.39, 0.29) is 5.96 Å². The summed E-state index contributed by atoms with van der Waals surface area (Å²) in [7, 11) is 0. The van der Waals surface area contributed by atoms with Crippen LogP contribution in [-0.2, 0) is 19.1 Å². The van der Waals surface area contributed by atoms with Gasteiger partial charge in [-0.05, 0) is 6.08 Å². The molecule has 11 heteroatoms. The van der Waals surface area contributed by atoms with Gasteiger partial charge in [0.2, 0.25) is 11.7 Å². The van der Waals surface area contributed by atoms with Crippen molar-refractivity contribution in [2.75, 3.05) is 6.61 Å². The largest absolute Gasteiger partial charge is 0.475 e. The van der Waals surface area contributed by atoms with Gasteiger partial charge in [-0.15, -0.1) is 0 Å². The molecule has 0 aromatic carbocycles. The molecular weight excluding hydrogens is 312 g/mol. The van der Waals surface area contributed by atoms with Gasteiger partial charge in [0.05, 0.1) is 6.61 Å². The summed E-state index contributed by atoms with van der Waals surface area (Å²) in [6.07, 6.45) is -1.26. The first-order chi connectivity index (χ1) is 10.7. The number of guanidine groups is 1. The molecule has 2 aliphatic rings. The van der Waals surface area contributed by atoms with Crippen LogP contribution in [0.2, 0.25) is 0 Å². The van der Waals surface area contributed by atoms with Gasteiger partial charge in [-0.2, -0.15) is 0 Å². The van der Waals surface area contributed by atoms with E-state index in [1.165, 1.54) is 6.92 Å². The van der Waals surface area contributed by atoms with Crippen molar-refractivity contribution in [3.8, 4) is 0 Å². The molecule has 0 unspecified atom stereocenters. The number of hydrogen-bond donors (Lipinski definition) is 6. The third-order valence-corrected chi connectivity index (χ3v) is 3.42. The Morgan fingerprint density at radius 2 is 2.17 bits per heavy atom. The third-order valence-electron chi connectivity index (χ3n) is 3.42. The molecule has 1 saturated heterocycles. The number of epoxide rings is 1. The fourth-order valence-electron chi connectivity index (χ4n) is 2.50. The standard InChI is InChI=1S/C12H18N4O7/c1-4(18)15-8-5(16-11(13)14)2-7(10(20)21)22-12(8)9(23-12)6(19)3-17/h2,5-6,8-9,17,19H,3H2,1H3,(H,15,18)(H,20,21)(H4,13,14,16)/t5-,6+,8+,9+,12+/m0/s1. The lowest BCUT2D eigenvalue weighted by molar-refractivity contribution is -0.143. The molecule has 8 N–H and O–H groups in total. The molecule has 0 aromatic heterocycles. The zero-order chi connectivity index (χ0) is 17.4. The molecule has 1 amide bonds. The molecule has 2 aliphatic heterocycles. The summed E-state index contributed by atoms with van der Waals surface area (Å²) in [5.74, 6) is -4.36. The lowest BCUT2D eigenvalue weighted by atomic mass is 9.94. The number of nitrogens with one attached hydrogen (secondary N) is 1. The highest BCUT2D eigenvalue weighted by Gasteiger charge is 2.71. The van der Waals surface area contributed by atoms with Gasteiger partial charge in [0.25, 0.3) is 5.79 Å². The van der Waals surface area contributed by atoms with E-state index in [0.29, 0.717) is 0 Å². The van der Waals surface area contributed by atoms with Crippen molar-refractivity contribution in [2.45, 2.75) is 37.0 Å². The number of ether oxygens (including phenoxy) is 2. The van der Waals surface area contributed by atoms with E-state index in [1.54, 1.807) is 0 Å². The van der Waals surface area contributed by atoms with E-state index < -0.39 is 54.3 Å². The van der Waals surface area contributed by atoms with Gasteiger partial charge in [-0.1, -0.05) is 0 Å². The summed E-state index contributed by atoms with van der Waals surface area (Å²) in [6.45, 7) is 0.595. The predicted octanol–water partition coefficient (Wildman–Crippen LogP) is -3.42. The Morgan fingerprint density at radius 1 is 1.52 bits per heavy atom. The van der Waals surface area contributed by atoms with Crippen molar-refractivity contribution in [1.29, 1.82) is 0 Å². The van der Waals surface area contributed by atoms with Crippen LogP contribution in [0.3, 0.4) is 0 Å². The normalized spacial score (nSPS) is 33.2. The number of nitrogens with two attached hydrogens (primary N) is 2. The lowest BCUT2D eigenvalue weighted by Gasteiger charge is -2.33. The number of aliphatic imine (C=N–C) groups is 1. The number of hydrogen-bond acceptors (Lipinski definition) is 7. The molecular formula is C12H18N4O7. The second-order valence-corrected chi connectivity index (χ2v) is 5.17. The Labute approximate surface area is 130 Å². The molecule has 23 heavy (non-hydrogen) atoms. The number of carbonyl (C=O) groups excluding carboxylic acids is 1. The average Bonchev–Trinajstić information content (AvgIpc) is 3.15. The molecule has 0 aromatic rings. The number of aliphatic hydroxyl groups excluding tert-OH is 2. The van der Waals surface area contributed by atoms with Gasteiger partial charge < -0.3 is 41.6 Å².